The third kappa shape index (κ3) is 4.62. The topological polar surface area (TPSA) is 75.7 Å². The van der Waals surface area contributed by atoms with E-state index in [-0.39, 0.29) is 17.6 Å². The summed E-state index contributed by atoms with van der Waals surface area (Å²) in [5.41, 5.74) is 2.12. The van der Waals surface area contributed by atoms with Gasteiger partial charge in [0.15, 0.2) is 0 Å². The first kappa shape index (κ1) is 18.8. The van der Waals surface area contributed by atoms with E-state index < -0.39 is 4.92 Å². The summed E-state index contributed by atoms with van der Waals surface area (Å²) in [7, 11) is 3.45. The Bertz CT molecular complexity index is 822. The highest BCUT2D eigenvalue weighted by molar-refractivity contribution is 5.84. The molecule has 27 heavy (non-hydrogen) atoms. The number of amides is 1. The maximum atomic E-state index is 12.6. The minimum atomic E-state index is -0.414. The molecule has 2 atom stereocenters. The van der Waals surface area contributed by atoms with Crippen molar-refractivity contribution in [2.45, 2.75) is 19.0 Å². The van der Waals surface area contributed by atoms with Crippen molar-refractivity contribution < 1.29 is 14.5 Å². The van der Waals surface area contributed by atoms with E-state index in [1.165, 1.54) is 12.1 Å². The molecule has 1 amide bonds. The first-order valence-corrected chi connectivity index (χ1v) is 8.84. The molecule has 2 aromatic rings. The monoisotopic (exact) mass is 369 g/mol. The third-order valence-electron chi connectivity index (χ3n) is 4.82. The van der Waals surface area contributed by atoms with Gasteiger partial charge in [-0.25, -0.2) is 0 Å². The zero-order valence-electron chi connectivity index (χ0n) is 15.5. The molecular formula is C20H23N3O4. The molecule has 1 heterocycles. The molecule has 7 nitrogen and oxygen atoms in total. The number of nitrogens with zero attached hydrogens (tertiary/aromatic N) is 3. The molecule has 1 saturated heterocycles. The van der Waals surface area contributed by atoms with Gasteiger partial charge in [-0.2, -0.15) is 0 Å². The molecule has 0 spiro atoms. The summed E-state index contributed by atoms with van der Waals surface area (Å²) in [5, 5.41) is 10.7. The van der Waals surface area contributed by atoms with Crippen molar-refractivity contribution in [2.24, 2.45) is 0 Å². The van der Waals surface area contributed by atoms with Gasteiger partial charge >= 0.3 is 0 Å². The predicted octanol–water partition coefficient (Wildman–Crippen LogP) is 2.49. The number of nitro groups is 1. The van der Waals surface area contributed by atoms with Crippen LogP contribution in [0.25, 0.3) is 0 Å². The van der Waals surface area contributed by atoms with Crippen molar-refractivity contribution in [1.29, 1.82) is 0 Å². The SMILES string of the molecule is COc1ccccc1CN1CC1C(=O)N(C)CCc1ccc([N+](=O)[O-])cc1. The molecule has 0 radical (unpaired) electrons. The Kier molecular flexibility index (Phi) is 5.71. The van der Waals surface area contributed by atoms with Gasteiger partial charge in [0.2, 0.25) is 5.91 Å². The highest BCUT2D eigenvalue weighted by Crippen LogP contribution is 2.27. The van der Waals surface area contributed by atoms with E-state index in [9.17, 15) is 14.9 Å². The van der Waals surface area contributed by atoms with Gasteiger partial charge in [-0.1, -0.05) is 30.3 Å². The van der Waals surface area contributed by atoms with Gasteiger partial charge in [0.25, 0.3) is 5.69 Å². The number of rotatable bonds is 8. The first-order chi connectivity index (χ1) is 13.0. The fraction of sp³-hybridized carbons (Fsp3) is 0.350. The van der Waals surface area contributed by atoms with Crippen LogP contribution in [0.15, 0.2) is 48.5 Å². The van der Waals surface area contributed by atoms with Gasteiger partial charge in [0.05, 0.1) is 12.0 Å². The Morgan fingerprint density at radius 2 is 1.96 bits per heavy atom. The zero-order chi connectivity index (χ0) is 19.4. The zero-order valence-corrected chi connectivity index (χ0v) is 15.5. The van der Waals surface area contributed by atoms with Crippen LogP contribution >= 0.6 is 0 Å². The Morgan fingerprint density at radius 1 is 1.26 bits per heavy atom. The van der Waals surface area contributed by atoms with E-state index in [4.69, 9.17) is 4.74 Å². The van der Waals surface area contributed by atoms with Gasteiger partial charge in [-0.3, -0.25) is 19.8 Å². The van der Waals surface area contributed by atoms with Crippen LogP contribution < -0.4 is 4.74 Å². The van der Waals surface area contributed by atoms with Crippen molar-refractivity contribution in [1.82, 2.24) is 9.80 Å². The lowest BCUT2D eigenvalue weighted by Crippen LogP contribution is -2.34. The normalized spacial score (nSPS) is 18.0. The Balaban J connectivity index is 1.49. The van der Waals surface area contributed by atoms with E-state index in [1.54, 1.807) is 31.2 Å². The highest BCUT2D eigenvalue weighted by atomic mass is 16.6. The van der Waals surface area contributed by atoms with Gasteiger partial charge in [-0.15, -0.1) is 0 Å². The summed E-state index contributed by atoms with van der Waals surface area (Å²) in [6, 6.07) is 14.2. The van der Waals surface area contributed by atoms with E-state index in [0.29, 0.717) is 19.5 Å². The van der Waals surface area contributed by atoms with Crippen LogP contribution in [0.3, 0.4) is 0 Å². The summed E-state index contributed by atoms with van der Waals surface area (Å²) in [6.45, 7) is 2.02. The summed E-state index contributed by atoms with van der Waals surface area (Å²) >= 11 is 0. The highest BCUT2D eigenvalue weighted by Gasteiger charge is 2.41. The Labute approximate surface area is 158 Å². The van der Waals surface area contributed by atoms with Crippen LogP contribution in [0.2, 0.25) is 0 Å². The second-order valence-electron chi connectivity index (χ2n) is 6.69. The van der Waals surface area contributed by atoms with Crippen molar-refractivity contribution >= 4 is 11.6 Å². The number of non-ortho nitro benzene ring substituents is 1. The number of methoxy groups -OCH3 is 1. The number of carbonyl (C=O) groups is 1. The molecule has 3 rings (SSSR count). The summed E-state index contributed by atoms with van der Waals surface area (Å²) in [4.78, 5) is 26.7. The molecule has 7 heteroatoms. The quantitative estimate of drug-likeness (QED) is 0.406. The van der Waals surface area contributed by atoms with Crippen LogP contribution in [-0.4, -0.2) is 53.9 Å². The second kappa shape index (κ2) is 8.18. The number of hydrogen-bond acceptors (Lipinski definition) is 5. The van der Waals surface area contributed by atoms with E-state index >= 15 is 0 Å². The van der Waals surface area contributed by atoms with Crippen LogP contribution in [0.4, 0.5) is 5.69 Å². The smallest absolute Gasteiger partial charge is 0.269 e. The molecule has 0 aromatic heterocycles. The van der Waals surface area contributed by atoms with Gasteiger partial charge in [0.1, 0.15) is 11.8 Å². The molecule has 1 fully saturated rings. The number of benzene rings is 2. The Hall–Kier alpha value is -2.93. The predicted molar refractivity (Wildman–Crippen MR) is 102 cm³/mol. The van der Waals surface area contributed by atoms with Crippen LogP contribution in [0.5, 0.6) is 5.75 Å². The van der Waals surface area contributed by atoms with Crippen LogP contribution in [0, 0.1) is 10.1 Å². The average Bonchev–Trinajstić information content (AvgIpc) is 3.45. The van der Waals surface area contributed by atoms with E-state index in [2.05, 4.69) is 4.90 Å². The average molecular weight is 369 g/mol. The maximum absolute atomic E-state index is 12.6. The molecule has 0 bridgehead atoms. The number of para-hydroxylation sites is 1. The van der Waals surface area contributed by atoms with E-state index in [1.807, 2.05) is 24.3 Å². The summed E-state index contributed by atoms with van der Waals surface area (Å²) in [5.74, 6) is 0.939. The standard InChI is InChI=1S/C20H23N3O4/c1-21(12-11-15-7-9-17(10-8-15)23(25)26)20(24)18-14-22(18)13-16-5-3-4-6-19(16)27-2/h3-10,18H,11-14H2,1-2H3. The third-order valence-corrected chi connectivity index (χ3v) is 4.82. The van der Waals surface area contributed by atoms with Crippen molar-refractivity contribution in [3.05, 3.63) is 69.8 Å². The molecule has 1 aliphatic rings. The molecular weight excluding hydrogens is 346 g/mol. The minimum Gasteiger partial charge on any atom is -0.496 e. The molecule has 1 aliphatic heterocycles. The van der Waals surface area contributed by atoms with Gasteiger partial charge in [-0.05, 0) is 18.1 Å². The lowest BCUT2D eigenvalue weighted by Gasteiger charge is -2.17. The van der Waals surface area contributed by atoms with Crippen molar-refractivity contribution in [3.8, 4) is 5.75 Å². The number of nitro benzene ring substituents is 1. The molecule has 0 N–H and O–H groups in total. The maximum Gasteiger partial charge on any atom is 0.269 e. The Morgan fingerprint density at radius 3 is 2.63 bits per heavy atom. The van der Waals surface area contributed by atoms with Crippen molar-refractivity contribution in [2.75, 3.05) is 27.2 Å². The number of hydrogen-bond donors (Lipinski definition) is 0. The molecule has 142 valence electrons. The minimum absolute atomic E-state index is 0.0770. The van der Waals surface area contributed by atoms with E-state index in [0.717, 1.165) is 23.4 Å². The first-order valence-electron chi connectivity index (χ1n) is 8.84. The van der Waals surface area contributed by atoms with Gasteiger partial charge < -0.3 is 9.64 Å². The lowest BCUT2D eigenvalue weighted by atomic mass is 10.1. The number of likely N-dealkylation sites (N-methyl/N-ethyl adjacent to an activating group) is 1. The fourth-order valence-corrected chi connectivity index (χ4v) is 3.08. The second-order valence-corrected chi connectivity index (χ2v) is 6.69. The number of ether oxygens (including phenoxy) is 1. The van der Waals surface area contributed by atoms with Crippen molar-refractivity contribution in [3.63, 3.8) is 0 Å². The summed E-state index contributed by atoms with van der Waals surface area (Å²) in [6.07, 6.45) is 0.666. The molecule has 0 saturated carbocycles. The molecule has 2 aromatic carbocycles. The lowest BCUT2D eigenvalue weighted by molar-refractivity contribution is -0.384. The van der Waals surface area contributed by atoms with Gasteiger partial charge in [0, 0.05) is 44.4 Å². The van der Waals surface area contributed by atoms with Crippen LogP contribution in [-0.2, 0) is 17.8 Å². The number of carbonyl (C=O) groups excluding carboxylic acids is 1. The van der Waals surface area contributed by atoms with Crippen LogP contribution in [0.1, 0.15) is 11.1 Å². The largest absolute Gasteiger partial charge is 0.496 e. The molecule has 0 aliphatic carbocycles. The molecule has 2 unspecified atom stereocenters. The summed E-state index contributed by atoms with van der Waals surface area (Å²) < 4.78 is 5.36. The fourth-order valence-electron chi connectivity index (χ4n) is 3.08.